The molecule has 124 valence electrons. The number of benzene rings is 1. The van der Waals surface area contributed by atoms with Crippen molar-refractivity contribution in [1.29, 1.82) is 0 Å². The van der Waals surface area contributed by atoms with E-state index in [-0.39, 0.29) is 5.82 Å². The van der Waals surface area contributed by atoms with Gasteiger partial charge in [-0.2, -0.15) is 5.10 Å². The molecular weight excluding hydrogens is 307 g/mol. The van der Waals surface area contributed by atoms with Gasteiger partial charge in [-0.3, -0.25) is 9.67 Å². The number of ether oxygens (including phenoxy) is 1. The SMILES string of the molecule is Cn1cc([C@]2(C)CN(c3ccnc4c(F)cccc34)CCO2)cn1. The monoisotopic (exact) mass is 326 g/mol. The smallest absolute Gasteiger partial charge is 0.149 e. The van der Waals surface area contributed by atoms with Gasteiger partial charge in [0, 0.05) is 42.6 Å². The minimum Gasteiger partial charge on any atom is -0.367 e. The molecule has 1 aliphatic rings. The Kier molecular flexibility index (Phi) is 3.49. The normalized spacial score (nSPS) is 21.4. The highest BCUT2D eigenvalue weighted by Gasteiger charge is 2.35. The summed E-state index contributed by atoms with van der Waals surface area (Å²) in [5.74, 6) is -0.294. The molecule has 1 saturated heterocycles. The zero-order valence-electron chi connectivity index (χ0n) is 13.7. The summed E-state index contributed by atoms with van der Waals surface area (Å²) >= 11 is 0. The number of pyridine rings is 1. The average molecular weight is 326 g/mol. The van der Waals surface area contributed by atoms with Gasteiger partial charge in [0.25, 0.3) is 0 Å². The fourth-order valence-electron chi connectivity index (χ4n) is 3.35. The number of halogens is 1. The van der Waals surface area contributed by atoms with E-state index in [4.69, 9.17) is 4.74 Å². The third-order valence-electron chi connectivity index (χ3n) is 4.63. The van der Waals surface area contributed by atoms with E-state index in [2.05, 4.69) is 21.9 Å². The number of anilines is 1. The number of hydrogen-bond acceptors (Lipinski definition) is 4. The maximum atomic E-state index is 14.0. The third kappa shape index (κ3) is 2.43. The summed E-state index contributed by atoms with van der Waals surface area (Å²) < 4.78 is 21.9. The summed E-state index contributed by atoms with van der Waals surface area (Å²) in [6, 6.07) is 7.02. The predicted molar refractivity (Wildman–Crippen MR) is 90.4 cm³/mol. The van der Waals surface area contributed by atoms with Gasteiger partial charge < -0.3 is 9.64 Å². The van der Waals surface area contributed by atoms with Crippen LogP contribution < -0.4 is 4.90 Å². The van der Waals surface area contributed by atoms with Crippen LogP contribution in [0.15, 0.2) is 42.9 Å². The number of para-hydroxylation sites is 1. The van der Waals surface area contributed by atoms with Crippen molar-refractivity contribution in [1.82, 2.24) is 14.8 Å². The first kappa shape index (κ1) is 15.1. The number of hydrogen-bond donors (Lipinski definition) is 0. The van der Waals surface area contributed by atoms with E-state index in [1.807, 2.05) is 31.6 Å². The Hall–Kier alpha value is -2.47. The molecule has 1 aromatic carbocycles. The summed E-state index contributed by atoms with van der Waals surface area (Å²) in [5.41, 5.74) is 1.98. The highest BCUT2D eigenvalue weighted by Crippen LogP contribution is 2.34. The van der Waals surface area contributed by atoms with Crippen LogP contribution in [0.1, 0.15) is 12.5 Å². The lowest BCUT2D eigenvalue weighted by Crippen LogP contribution is -2.48. The van der Waals surface area contributed by atoms with Crippen LogP contribution in [-0.4, -0.2) is 34.5 Å². The Morgan fingerprint density at radius 3 is 2.96 bits per heavy atom. The van der Waals surface area contributed by atoms with Gasteiger partial charge in [0.15, 0.2) is 0 Å². The van der Waals surface area contributed by atoms with Gasteiger partial charge in [-0.05, 0) is 19.1 Å². The molecule has 0 aliphatic carbocycles. The number of nitrogens with zero attached hydrogens (tertiary/aromatic N) is 4. The first-order valence-corrected chi connectivity index (χ1v) is 7.98. The van der Waals surface area contributed by atoms with Crippen LogP contribution in [0.3, 0.4) is 0 Å². The molecule has 1 atom stereocenters. The second-order valence-corrected chi connectivity index (χ2v) is 6.37. The van der Waals surface area contributed by atoms with E-state index >= 15 is 0 Å². The van der Waals surface area contributed by atoms with Gasteiger partial charge in [-0.25, -0.2) is 4.39 Å². The maximum absolute atomic E-state index is 14.0. The van der Waals surface area contributed by atoms with Crippen molar-refractivity contribution >= 4 is 16.6 Å². The van der Waals surface area contributed by atoms with Crippen LogP contribution in [0.5, 0.6) is 0 Å². The fraction of sp³-hybridized carbons (Fsp3) is 0.333. The molecule has 0 spiro atoms. The second kappa shape index (κ2) is 5.56. The molecule has 24 heavy (non-hydrogen) atoms. The molecule has 3 aromatic rings. The number of aromatic nitrogens is 3. The van der Waals surface area contributed by atoms with Gasteiger partial charge in [0.1, 0.15) is 16.9 Å². The number of morpholine rings is 1. The van der Waals surface area contributed by atoms with Crippen LogP contribution in [0.4, 0.5) is 10.1 Å². The first-order chi connectivity index (χ1) is 11.6. The van der Waals surface area contributed by atoms with Gasteiger partial charge in [0.2, 0.25) is 0 Å². The van der Waals surface area contributed by atoms with Crippen molar-refractivity contribution in [2.75, 3.05) is 24.6 Å². The molecule has 0 saturated carbocycles. The standard InChI is InChI=1S/C18H19FN4O/c1-18(13-10-21-22(2)11-13)12-23(8-9-24-18)16-6-7-20-17-14(16)4-3-5-15(17)19/h3-7,10-11H,8-9,12H2,1-2H3/t18-/m0/s1. The summed E-state index contributed by atoms with van der Waals surface area (Å²) in [6.45, 7) is 4.10. The maximum Gasteiger partial charge on any atom is 0.149 e. The molecule has 0 radical (unpaired) electrons. The third-order valence-corrected chi connectivity index (χ3v) is 4.63. The van der Waals surface area contributed by atoms with Crippen molar-refractivity contribution < 1.29 is 9.13 Å². The Morgan fingerprint density at radius 2 is 2.17 bits per heavy atom. The largest absolute Gasteiger partial charge is 0.367 e. The summed E-state index contributed by atoms with van der Waals surface area (Å²) in [5, 5.41) is 5.08. The predicted octanol–water partition coefficient (Wildman–Crippen LogP) is 2.86. The first-order valence-electron chi connectivity index (χ1n) is 7.98. The van der Waals surface area contributed by atoms with Crippen LogP contribution in [0, 0.1) is 5.82 Å². The number of fused-ring (bicyclic) bond motifs is 1. The minimum absolute atomic E-state index is 0.294. The Labute approximate surface area is 139 Å². The quantitative estimate of drug-likeness (QED) is 0.726. The molecular formula is C18H19FN4O. The molecule has 0 unspecified atom stereocenters. The molecule has 2 aromatic heterocycles. The van der Waals surface area contributed by atoms with E-state index in [1.165, 1.54) is 6.07 Å². The lowest BCUT2D eigenvalue weighted by molar-refractivity contribution is -0.0465. The lowest BCUT2D eigenvalue weighted by Gasteiger charge is -2.41. The number of rotatable bonds is 2. The fourth-order valence-corrected chi connectivity index (χ4v) is 3.35. The number of aryl methyl sites for hydroxylation is 1. The zero-order valence-corrected chi connectivity index (χ0v) is 13.7. The lowest BCUT2D eigenvalue weighted by atomic mass is 9.96. The van der Waals surface area contributed by atoms with Crippen molar-refractivity contribution in [3.8, 4) is 0 Å². The molecule has 6 heteroatoms. The van der Waals surface area contributed by atoms with Crippen LogP contribution in [-0.2, 0) is 17.4 Å². The molecule has 0 N–H and O–H groups in total. The Balaban J connectivity index is 1.74. The molecule has 0 bridgehead atoms. The van der Waals surface area contributed by atoms with E-state index in [1.54, 1.807) is 16.9 Å². The second-order valence-electron chi connectivity index (χ2n) is 6.37. The van der Waals surface area contributed by atoms with Crippen molar-refractivity contribution in [3.05, 3.63) is 54.2 Å². The summed E-state index contributed by atoms with van der Waals surface area (Å²) in [6.07, 6.45) is 5.49. The van der Waals surface area contributed by atoms with Crippen LogP contribution in [0.25, 0.3) is 10.9 Å². The van der Waals surface area contributed by atoms with Gasteiger partial charge >= 0.3 is 0 Å². The summed E-state index contributed by atoms with van der Waals surface area (Å²) in [4.78, 5) is 6.42. The molecule has 3 heterocycles. The highest BCUT2D eigenvalue weighted by atomic mass is 19.1. The van der Waals surface area contributed by atoms with Gasteiger partial charge in [-0.1, -0.05) is 12.1 Å². The Bertz CT molecular complexity index is 894. The van der Waals surface area contributed by atoms with E-state index in [0.29, 0.717) is 18.7 Å². The van der Waals surface area contributed by atoms with E-state index in [9.17, 15) is 4.39 Å². The molecule has 0 amide bonds. The van der Waals surface area contributed by atoms with Crippen molar-refractivity contribution in [3.63, 3.8) is 0 Å². The van der Waals surface area contributed by atoms with E-state index in [0.717, 1.165) is 23.2 Å². The van der Waals surface area contributed by atoms with Gasteiger partial charge in [-0.15, -0.1) is 0 Å². The minimum atomic E-state index is -0.449. The zero-order chi connectivity index (χ0) is 16.7. The molecule has 1 fully saturated rings. The van der Waals surface area contributed by atoms with Crippen molar-refractivity contribution in [2.24, 2.45) is 7.05 Å². The van der Waals surface area contributed by atoms with Crippen LogP contribution in [0.2, 0.25) is 0 Å². The summed E-state index contributed by atoms with van der Waals surface area (Å²) in [7, 11) is 1.90. The highest BCUT2D eigenvalue weighted by molar-refractivity contribution is 5.91. The Morgan fingerprint density at radius 1 is 1.29 bits per heavy atom. The van der Waals surface area contributed by atoms with Crippen molar-refractivity contribution in [2.45, 2.75) is 12.5 Å². The topological polar surface area (TPSA) is 43.2 Å². The van der Waals surface area contributed by atoms with E-state index < -0.39 is 5.60 Å². The average Bonchev–Trinajstić information content (AvgIpc) is 3.02. The van der Waals surface area contributed by atoms with Crippen LogP contribution >= 0.6 is 0 Å². The molecule has 5 nitrogen and oxygen atoms in total. The van der Waals surface area contributed by atoms with Gasteiger partial charge in [0.05, 0.1) is 19.3 Å². The molecule has 4 rings (SSSR count). The molecule has 1 aliphatic heterocycles.